The summed E-state index contributed by atoms with van der Waals surface area (Å²) < 4.78 is 38.4. The van der Waals surface area contributed by atoms with Crippen molar-refractivity contribution in [1.29, 1.82) is 0 Å². The summed E-state index contributed by atoms with van der Waals surface area (Å²) in [6.07, 6.45) is -3.66. The normalized spacial score (nSPS) is 11.8. The topological polar surface area (TPSA) is 41.0 Å². The summed E-state index contributed by atoms with van der Waals surface area (Å²) in [6, 6.07) is 1.54. The van der Waals surface area contributed by atoms with Crippen molar-refractivity contribution in [3.05, 3.63) is 11.9 Å². The Morgan fingerprint density at radius 2 is 1.95 bits per heavy atom. The van der Waals surface area contributed by atoms with E-state index in [1.165, 1.54) is 0 Å². The number of nitrogens with zero attached hydrogens (tertiary/aromatic N) is 3. The number of anilines is 2. The number of halogens is 3. The molecule has 0 aromatic carbocycles. The maximum Gasteiger partial charge on any atom is 0.451 e. The fourth-order valence-electron chi connectivity index (χ4n) is 1.59. The minimum atomic E-state index is -4.54. The second-order valence-electron chi connectivity index (χ2n) is 5.07. The van der Waals surface area contributed by atoms with Crippen LogP contribution in [0.5, 0.6) is 0 Å². The molecule has 0 amide bonds. The molecular weight excluding hydrogens is 269 g/mol. The van der Waals surface area contributed by atoms with Crippen LogP contribution < -0.4 is 10.2 Å². The Morgan fingerprint density at radius 1 is 1.30 bits per heavy atom. The van der Waals surface area contributed by atoms with Crippen molar-refractivity contribution >= 4 is 11.6 Å². The summed E-state index contributed by atoms with van der Waals surface area (Å²) in [5.74, 6) is -0.151. The fourth-order valence-corrected chi connectivity index (χ4v) is 1.59. The highest BCUT2D eigenvalue weighted by Crippen LogP contribution is 2.29. The van der Waals surface area contributed by atoms with Crippen LogP contribution in [0.4, 0.5) is 24.8 Å². The van der Waals surface area contributed by atoms with Crippen LogP contribution in [-0.4, -0.2) is 30.1 Å². The van der Waals surface area contributed by atoms with Crippen LogP contribution in [0.15, 0.2) is 6.07 Å². The Labute approximate surface area is 117 Å². The first-order chi connectivity index (χ1) is 9.24. The molecule has 0 spiro atoms. The van der Waals surface area contributed by atoms with Gasteiger partial charge in [-0.2, -0.15) is 13.2 Å². The highest BCUT2D eigenvalue weighted by molar-refractivity contribution is 5.49. The molecule has 0 unspecified atom stereocenters. The van der Waals surface area contributed by atoms with E-state index >= 15 is 0 Å². The van der Waals surface area contributed by atoms with Gasteiger partial charge in [0.05, 0.1) is 0 Å². The summed E-state index contributed by atoms with van der Waals surface area (Å²) in [5.41, 5.74) is 0. The van der Waals surface area contributed by atoms with Gasteiger partial charge in [0, 0.05) is 26.2 Å². The van der Waals surface area contributed by atoms with E-state index in [4.69, 9.17) is 0 Å². The van der Waals surface area contributed by atoms with Gasteiger partial charge in [-0.25, -0.2) is 9.97 Å². The minimum Gasteiger partial charge on any atom is -0.370 e. The molecule has 0 saturated carbocycles. The van der Waals surface area contributed by atoms with Crippen LogP contribution in [0.3, 0.4) is 0 Å². The van der Waals surface area contributed by atoms with E-state index in [9.17, 15) is 13.2 Å². The molecule has 0 radical (unpaired) electrons. The average molecular weight is 290 g/mol. The molecule has 0 fully saturated rings. The van der Waals surface area contributed by atoms with E-state index in [0.717, 1.165) is 6.42 Å². The molecule has 1 aromatic rings. The zero-order valence-corrected chi connectivity index (χ0v) is 12.3. The maximum absolute atomic E-state index is 12.8. The summed E-state index contributed by atoms with van der Waals surface area (Å²) in [7, 11) is 1.74. The van der Waals surface area contributed by atoms with Crippen molar-refractivity contribution < 1.29 is 13.2 Å². The summed E-state index contributed by atoms with van der Waals surface area (Å²) in [4.78, 5) is 8.83. The second kappa shape index (κ2) is 6.76. The van der Waals surface area contributed by atoms with Crippen LogP contribution in [0, 0.1) is 5.92 Å². The monoisotopic (exact) mass is 290 g/mol. The first kappa shape index (κ1) is 16.5. The van der Waals surface area contributed by atoms with Gasteiger partial charge in [-0.05, 0) is 19.3 Å². The van der Waals surface area contributed by atoms with Gasteiger partial charge in [-0.1, -0.05) is 13.8 Å². The predicted molar refractivity (Wildman–Crippen MR) is 73.9 cm³/mol. The van der Waals surface area contributed by atoms with Gasteiger partial charge < -0.3 is 10.2 Å². The Bertz CT molecular complexity index is 432. The third-order valence-corrected chi connectivity index (χ3v) is 2.76. The zero-order chi connectivity index (χ0) is 15.3. The Morgan fingerprint density at radius 3 is 2.45 bits per heavy atom. The van der Waals surface area contributed by atoms with E-state index in [0.29, 0.717) is 19.0 Å². The Balaban J connectivity index is 3.02. The third-order valence-electron chi connectivity index (χ3n) is 2.76. The van der Waals surface area contributed by atoms with Gasteiger partial charge in [0.25, 0.3) is 0 Å². The van der Waals surface area contributed by atoms with Gasteiger partial charge in [-0.3, -0.25) is 0 Å². The molecule has 1 heterocycles. The minimum absolute atomic E-state index is 0.196. The Hall–Kier alpha value is -1.53. The number of hydrogen-bond acceptors (Lipinski definition) is 4. The largest absolute Gasteiger partial charge is 0.451 e. The lowest BCUT2D eigenvalue weighted by atomic mass is 10.1. The number of alkyl halides is 3. The first-order valence-corrected chi connectivity index (χ1v) is 6.65. The fraction of sp³-hybridized carbons (Fsp3) is 0.692. The van der Waals surface area contributed by atoms with Crippen LogP contribution in [0.2, 0.25) is 0 Å². The zero-order valence-electron chi connectivity index (χ0n) is 12.3. The lowest BCUT2D eigenvalue weighted by Gasteiger charge is -2.21. The van der Waals surface area contributed by atoms with Gasteiger partial charge in [-0.15, -0.1) is 0 Å². The predicted octanol–water partition coefficient (Wildman–Crippen LogP) is 3.41. The van der Waals surface area contributed by atoms with Crippen LogP contribution >= 0.6 is 0 Å². The van der Waals surface area contributed by atoms with Crippen LogP contribution in [0.25, 0.3) is 0 Å². The van der Waals surface area contributed by atoms with Crippen molar-refractivity contribution in [3.8, 4) is 0 Å². The third kappa shape index (κ3) is 4.86. The molecule has 20 heavy (non-hydrogen) atoms. The molecule has 1 rings (SSSR count). The summed E-state index contributed by atoms with van der Waals surface area (Å²) in [6.45, 7) is 7.09. The molecule has 114 valence electrons. The van der Waals surface area contributed by atoms with Gasteiger partial charge >= 0.3 is 6.18 Å². The van der Waals surface area contributed by atoms with Crippen molar-refractivity contribution in [3.63, 3.8) is 0 Å². The molecule has 0 saturated heterocycles. The molecular formula is C13H21F3N4. The Kier molecular flexibility index (Phi) is 5.59. The first-order valence-electron chi connectivity index (χ1n) is 6.65. The van der Waals surface area contributed by atoms with E-state index < -0.39 is 12.0 Å². The highest BCUT2D eigenvalue weighted by Gasteiger charge is 2.35. The molecule has 1 aromatic heterocycles. The van der Waals surface area contributed by atoms with Crippen molar-refractivity contribution in [2.24, 2.45) is 5.92 Å². The van der Waals surface area contributed by atoms with E-state index in [1.807, 2.05) is 0 Å². The molecule has 0 atom stereocenters. The highest BCUT2D eigenvalue weighted by atomic mass is 19.4. The van der Waals surface area contributed by atoms with Gasteiger partial charge in [0.15, 0.2) is 0 Å². The molecule has 4 nitrogen and oxygen atoms in total. The van der Waals surface area contributed by atoms with Crippen molar-refractivity contribution in [2.45, 2.75) is 33.4 Å². The summed E-state index contributed by atoms with van der Waals surface area (Å²) >= 11 is 0. The number of nitrogens with one attached hydrogen (secondary N) is 1. The van der Waals surface area contributed by atoms with Crippen LogP contribution in [-0.2, 0) is 6.18 Å². The lowest BCUT2D eigenvalue weighted by Crippen LogP contribution is -2.23. The smallest absolute Gasteiger partial charge is 0.370 e. The number of hydrogen-bond donors (Lipinski definition) is 1. The lowest BCUT2D eigenvalue weighted by molar-refractivity contribution is -0.144. The summed E-state index contributed by atoms with van der Waals surface area (Å²) in [5, 5.41) is 2.80. The quantitative estimate of drug-likeness (QED) is 0.871. The van der Waals surface area contributed by atoms with E-state index in [2.05, 4.69) is 29.1 Å². The van der Waals surface area contributed by atoms with Gasteiger partial charge in [0.2, 0.25) is 5.82 Å². The molecule has 0 aliphatic rings. The number of aromatic nitrogens is 2. The number of rotatable bonds is 6. The molecule has 7 heteroatoms. The van der Waals surface area contributed by atoms with Gasteiger partial charge in [0.1, 0.15) is 11.6 Å². The molecule has 1 N–H and O–H groups in total. The SMILES string of the molecule is CCNc1cc(N(C)CCC(C)C)nc(C(F)(F)F)n1. The standard InChI is InChI=1S/C13H21F3N4/c1-5-17-10-8-11(20(4)7-6-9(2)3)19-12(18-10)13(14,15)16/h8-9H,5-7H2,1-4H3,(H,17,18,19). The molecule has 0 aliphatic heterocycles. The van der Waals surface area contributed by atoms with E-state index in [1.54, 1.807) is 24.9 Å². The second-order valence-corrected chi connectivity index (χ2v) is 5.07. The van der Waals surface area contributed by atoms with Crippen molar-refractivity contribution in [2.75, 3.05) is 30.4 Å². The van der Waals surface area contributed by atoms with Crippen LogP contribution in [0.1, 0.15) is 33.0 Å². The molecule has 0 aliphatic carbocycles. The van der Waals surface area contributed by atoms with Crippen molar-refractivity contribution in [1.82, 2.24) is 9.97 Å². The average Bonchev–Trinajstić information content (AvgIpc) is 2.34. The van der Waals surface area contributed by atoms with E-state index in [-0.39, 0.29) is 11.6 Å². The molecule has 0 bridgehead atoms. The maximum atomic E-state index is 12.8.